The molecule has 0 aliphatic rings. The van der Waals surface area contributed by atoms with Crippen molar-refractivity contribution in [3.63, 3.8) is 0 Å². The number of aliphatic carboxylic acids is 1. The highest BCUT2D eigenvalue weighted by Gasteiger charge is 2.31. The Balaban J connectivity index is -0.000000523. The fourth-order valence-electron chi connectivity index (χ4n) is 4.78. The predicted octanol–water partition coefficient (Wildman–Crippen LogP) is 11.1. The van der Waals surface area contributed by atoms with Crippen molar-refractivity contribution in [3.05, 3.63) is 146 Å². The number of aliphatic hydroxyl groups is 4. The fourth-order valence-corrected chi connectivity index (χ4v) is 4.78. The van der Waals surface area contributed by atoms with Crippen LogP contribution in [0, 0.1) is 10.8 Å². The molecule has 0 radical (unpaired) electrons. The highest BCUT2D eigenvalue weighted by atomic mass is 16.5. The van der Waals surface area contributed by atoms with Crippen LogP contribution in [0.15, 0.2) is 146 Å². The van der Waals surface area contributed by atoms with Crippen molar-refractivity contribution in [2.45, 2.75) is 152 Å². The lowest BCUT2D eigenvalue weighted by molar-refractivity contribution is -0.318. The normalized spacial score (nSPS) is 14.6. The minimum atomic E-state index is -1.15. The molecule has 0 rings (SSSR count). The van der Waals surface area contributed by atoms with E-state index in [4.69, 9.17) is 9.84 Å². The summed E-state index contributed by atoms with van der Waals surface area (Å²) < 4.78 is 4.98. The molecule has 0 aromatic rings. The Kier molecular flexibility index (Phi) is 45.4. The van der Waals surface area contributed by atoms with E-state index < -0.39 is 47.7 Å². The van der Waals surface area contributed by atoms with Crippen LogP contribution in [0.1, 0.15) is 133 Å². The second-order valence-corrected chi connectivity index (χ2v) is 15.1. The van der Waals surface area contributed by atoms with Gasteiger partial charge in [0.25, 0.3) is 0 Å². The molecule has 61 heavy (non-hydrogen) atoms. The number of carboxylic acid groups (broad SMARTS) is 1. The highest BCUT2D eigenvalue weighted by Crippen LogP contribution is 2.25. The van der Waals surface area contributed by atoms with E-state index in [1.54, 1.807) is 52.0 Å². The lowest BCUT2D eigenvalue weighted by Gasteiger charge is -2.27. The van der Waals surface area contributed by atoms with Gasteiger partial charge in [0.1, 0.15) is 12.7 Å². The van der Waals surface area contributed by atoms with Gasteiger partial charge in [-0.25, -0.2) is 0 Å². The third-order valence-corrected chi connectivity index (χ3v) is 8.30. The van der Waals surface area contributed by atoms with Crippen LogP contribution in [0.3, 0.4) is 0 Å². The number of hydrogen-bond donors (Lipinski definition) is 4. The molecule has 0 spiro atoms. The number of esters is 1. The third kappa shape index (κ3) is 43.6. The summed E-state index contributed by atoms with van der Waals surface area (Å²) in [6, 6.07) is 0. The molecule has 0 amide bonds. The molecule has 3 unspecified atom stereocenters. The van der Waals surface area contributed by atoms with Gasteiger partial charge in [-0.1, -0.05) is 188 Å². The van der Waals surface area contributed by atoms with E-state index in [9.17, 15) is 30.0 Å². The monoisotopic (exact) mass is 850 g/mol. The summed E-state index contributed by atoms with van der Waals surface area (Å²) in [5.41, 5.74) is -1.94. The largest absolute Gasteiger partial charge is 0.550 e. The molecule has 346 valence electrons. The van der Waals surface area contributed by atoms with Crippen LogP contribution in [0.5, 0.6) is 0 Å². The van der Waals surface area contributed by atoms with E-state index >= 15 is 0 Å². The van der Waals surface area contributed by atoms with E-state index in [2.05, 4.69) is 111 Å². The zero-order valence-corrected chi connectivity index (χ0v) is 36.9. The molecule has 4 N–H and O–H groups in total. The second-order valence-electron chi connectivity index (χ2n) is 15.1. The molecule has 0 fully saturated rings. The minimum Gasteiger partial charge on any atom is -0.550 e. The molecular formula is C53H85O8-. The summed E-state index contributed by atoms with van der Waals surface area (Å²) in [5, 5.41) is 48.8. The van der Waals surface area contributed by atoms with Crippen LogP contribution in [0.25, 0.3) is 0 Å². The molecule has 0 aromatic carbocycles. The van der Waals surface area contributed by atoms with Crippen molar-refractivity contribution in [2.75, 3.05) is 13.2 Å². The first-order chi connectivity index (χ1) is 28.2. The lowest BCUT2D eigenvalue weighted by Crippen LogP contribution is -2.40. The average molecular weight is 850 g/mol. The molecule has 0 aromatic heterocycles. The molecule has 8 nitrogen and oxygen atoms in total. The number of carbonyl (C=O) groups excluding carboxylic acids is 2. The van der Waals surface area contributed by atoms with Crippen molar-refractivity contribution in [1.82, 2.24) is 0 Å². The zero-order chi connectivity index (χ0) is 44.5. The summed E-state index contributed by atoms with van der Waals surface area (Å²) in [5.74, 6) is -1.67. The first-order valence-electron chi connectivity index (χ1n) is 21.1. The van der Waals surface area contributed by atoms with Gasteiger partial charge in [-0.3, -0.25) is 4.79 Å². The minimum absolute atomic E-state index is 0. The van der Waals surface area contributed by atoms with E-state index in [1.165, 1.54) is 0 Å². The van der Waals surface area contributed by atoms with Crippen LogP contribution >= 0.6 is 0 Å². The van der Waals surface area contributed by atoms with Crippen molar-refractivity contribution < 1.29 is 39.9 Å². The number of allylic oxidation sites excluding steroid dienone is 22. The Morgan fingerprint density at radius 1 is 0.508 bits per heavy atom. The van der Waals surface area contributed by atoms with Gasteiger partial charge in [-0.15, -0.1) is 0 Å². The first kappa shape index (κ1) is 63.3. The molecule has 0 aliphatic carbocycles. The topological polar surface area (TPSA) is 147 Å². The summed E-state index contributed by atoms with van der Waals surface area (Å²) in [4.78, 5) is 23.0. The van der Waals surface area contributed by atoms with Gasteiger partial charge in [0.15, 0.2) is 0 Å². The summed E-state index contributed by atoms with van der Waals surface area (Å²) in [7, 11) is 0. The standard InChI is InChI=1S/C27H42O5.C24H36O3.2CH4/c1-4-5-6-7-8-9-10-11-12-13-14-15-16-17-18-19-20-24(29)21-27(2,3)26(31)32-23-25(30)22-28;1-4-5-6-7-8-9-10-11-12-13-14-15-16-17-18-19-20-22(25)21-24(2,3)23(26)27;;/h5-6,8-9,11-12,14-15,17-20,24-25,28-30H,4,7,10,13,16,21-23H2,1-3H3;5-6,8-9,11-12,14-15,17-20,22,25H,4,7,10,13,16,21H2,1-3H3,(H,26,27);2*1H4/p-1/b2*6-5-,9-8-,12-11-,15-14-,18-17-,20-19+;;. The third-order valence-electron chi connectivity index (χ3n) is 8.30. The number of carbonyl (C=O) groups is 2. The number of hydrogen-bond acceptors (Lipinski definition) is 8. The predicted molar refractivity (Wildman–Crippen MR) is 259 cm³/mol. The van der Waals surface area contributed by atoms with Crippen molar-refractivity contribution in [3.8, 4) is 0 Å². The van der Waals surface area contributed by atoms with Crippen molar-refractivity contribution in [1.29, 1.82) is 0 Å². The Labute approximate surface area is 372 Å². The molecular weight excluding hydrogens is 765 g/mol. The molecule has 0 saturated heterocycles. The van der Waals surface area contributed by atoms with Gasteiger partial charge in [0, 0.05) is 11.4 Å². The zero-order valence-electron chi connectivity index (χ0n) is 36.9. The maximum atomic E-state index is 12.1. The van der Waals surface area contributed by atoms with Crippen LogP contribution in [0.2, 0.25) is 0 Å². The molecule has 0 aliphatic heterocycles. The molecule has 8 heteroatoms. The fraction of sp³-hybridized carbons (Fsp3) is 0.509. The van der Waals surface area contributed by atoms with Crippen LogP contribution in [0.4, 0.5) is 0 Å². The summed E-state index contributed by atoms with van der Waals surface area (Å²) >= 11 is 0. The van der Waals surface area contributed by atoms with Gasteiger partial charge in [0.2, 0.25) is 0 Å². The maximum Gasteiger partial charge on any atom is 0.311 e. The molecule has 0 saturated carbocycles. The van der Waals surface area contributed by atoms with E-state index in [0.717, 1.165) is 64.2 Å². The smallest absolute Gasteiger partial charge is 0.311 e. The molecule has 0 heterocycles. The van der Waals surface area contributed by atoms with Crippen molar-refractivity contribution >= 4 is 11.9 Å². The van der Waals surface area contributed by atoms with E-state index in [1.807, 2.05) is 24.3 Å². The van der Waals surface area contributed by atoms with Crippen LogP contribution in [-0.4, -0.2) is 63.9 Å². The van der Waals surface area contributed by atoms with Crippen LogP contribution < -0.4 is 5.11 Å². The van der Waals surface area contributed by atoms with Gasteiger partial charge in [0.05, 0.1) is 24.2 Å². The summed E-state index contributed by atoms with van der Waals surface area (Å²) in [6.07, 6.45) is 56.2. The first-order valence-corrected chi connectivity index (χ1v) is 21.1. The average Bonchev–Trinajstić information content (AvgIpc) is 3.19. The Morgan fingerprint density at radius 2 is 0.803 bits per heavy atom. The SMILES string of the molecule is C.C.CC/C=C\C/C=C\C/C=C\C/C=C\C/C=C\C=C\C(O)CC(C)(C)C(=O)OCC(O)CO.CC/C=C\C/C=C\C/C=C\C/C=C\C/C=C\C=C\C(O)CC(C)(C)C(=O)[O-]. The Morgan fingerprint density at radius 3 is 1.10 bits per heavy atom. The summed E-state index contributed by atoms with van der Waals surface area (Å²) in [6.45, 7) is 10.00. The molecule has 0 bridgehead atoms. The Hall–Kier alpha value is -4.34. The maximum absolute atomic E-state index is 12.1. The number of ether oxygens (including phenoxy) is 1. The van der Waals surface area contributed by atoms with E-state index in [0.29, 0.717) is 0 Å². The van der Waals surface area contributed by atoms with Gasteiger partial charge in [-0.05, 0) is 90.9 Å². The van der Waals surface area contributed by atoms with Gasteiger partial charge in [-0.2, -0.15) is 0 Å². The lowest BCUT2D eigenvalue weighted by atomic mass is 9.86. The number of rotatable bonds is 31. The Bertz CT molecular complexity index is 1430. The van der Waals surface area contributed by atoms with Crippen molar-refractivity contribution in [2.24, 2.45) is 10.8 Å². The number of aliphatic hydroxyl groups excluding tert-OH is 4. The van der Waals surface area contributed by atoms with Crippen LogP contribution in [-0.2, 0) is 14.3 Å². The molecule has 3 atom stereocenters. The van der Waals surface area contributed by atoms with E-state index in [-0.39, 0.29) is 34.3 Å². The van der Waals surface area contributed by atoms with Gasteiger partial charge >= 0.3 is 5.97 Å². The quantitative estimate of drug-likeness (QED) is 0.0306. The second kappa shape index (κ2) is 43.7. The highest BCUT2D eigenvalue weighted by molar-refractivity contribution is 5.76. The van der Waals surface area contributed by atoms with Gasteiger partial charge < -0.3 is 35.1 Å². The number of carboxylic acids is 1.